The molecule has 0 radical (unpaired) electrons. The van der Waals surface area contributed by atoms with E-state index in [1.807, 2.05) is 46.1 Å². The number of methoxy groups -OCH3 is 1. The molecule has 17 nitrogen and oxygen atoms in total. The number of nitrogens with one attached hydrogen (secondary N) is 4. The molecular weight excluding hydrogens is 897 g/mol. The first-order valence-corrected chi connectivity index (χ1v) is 25.6. The SMILES string of the molecule is COc1ccc2c(O[C@@H]3C[C@H]4C(=O)N[C@]5(C(=O)O)CC5CCCCCCC[C@H](NC(=O)NC(CN5Cc6ccccc6S5(=O)=O)C(C)(C)C)C(=O)N4C3)cc(-c3csc(NC(C)C)n3)nc2c1. The molecule has 67 heavy (non-hydrogen) atoms. The fourth-order valence-electron chi connectivity index (χ4n) is 9.53. The van der Waals surface area contributed by atoms with Gasteiger partial charge in [-0.1, -0.05) is 71.1 Å². The molecule has 1 aliphatic carbocycles. The van der Waals surface area contributed by atoms with Crippen molar-refractivity contribution >= 4 is 61.2 Å². The van der Waals surface area contributed by atoms with Gasteiger partial charge in [-0.15, -0.1) is 11.3 Å². The van der Waals surface area contributed by atoms with E-state index in [9.17, 15) is 27.9 Å². The molecule has 19 heteroatoms. The molecule has 2 aromatic carbocycles. The fourth-order valence-corrected chi connectivity index (χ4v) is 12.0. The van der Waals surface area contributed by atoms with E-state index in [-0.39, 0.29) is 49.3 Å². The summed E-state index contributed by atoms with van der Waals surface area (Å²) < 4.78 is 40.8. The lowest BCUT2D eigenvalue weighted by Gasteiger charge is -2.35. The number of hydrogen-bond acceptors (Lipinski definition) is 12. The Balaban J connectivity index is 1.08. The summed E-state index contributed by atoms with van der Waals surface area (Å²) in [6.45, 7) is 9.93. The molecule has 3 aliphatic heterocycles. The van der Waals surface area contributed by atoms with Gasteiger partial charge in [-0.05, 0) is 68.2 Å². The van der Waals surface area contributed by atoms with Crippen LogP contribution in [0.3, 0.4) is 0 Å². The molecule has 4 amide bonds. The van der Waals surface area contributed by atoms with Crippen LogP contribution in [0.4, 0.5) is 9.93 Å². The summed E-state index contributed by atoms with van der Waals surface area (Å²) in [4.78, 5) is 67.8. The number of pyridine rings is 1. The number of carboxylic acid groups (broad SMARTS) is 1. The molecule has 5 N–H and O–H groups in total. The Hall–Kier alpha value is -5.53. The van der Waals surface area contributed by atoms with E-state index in [1.54, 1.807) is 49.6 Å². The Morgan fingerprint density at radius 1 is 1.01 bits per heavy atom. The number of rotatable bonds is 11. The maximum absolute atomic E-state index is 15.0. The van der Waals surface area contributed by atoms with Crippen molar-refractivity contribution in [1.29, 1.82) is 0 Å². The number of thiazole rings is 1. The van der Waals surface area contributed by atoms with Gasteiger partial charge in [0.05, 0.1) is 29.8 Å². The van der Waals surface area contributed by atoms with Gasteiger partial charge in [0.2, 0.25) is 21.8 Å². The first kappa shape index (κ1) is 47.9. The number of carbonyl (C=O) groups is 4. The Bertz CT molecular complexity index is 2630. The van der Waals surface area contributed by atoms with Crippen molar-refractivity contribution in [3.8, 4) is 22.9 Å². The van der Waals surface area contributed by atoms with Crippen LogP contribution >= 0.6 is 11.3 Å². The number of nitrogens with zero attached hydrogens (tertiary/aromatic N) is 4. The summed E-state index contributed by atoms with van der Waals surface area (Å²) in [6.07, 6.45) is 4.48. The summed E-state index contributed by atoms with van der Waals surface area (Å²) in [5, 5.41) is 25.9. The van der Waals surface area contributed by atoms with Crippen molar-refractivity contribution in [2.24, 2.45) is 11.3 Å². The van der Waals surface area contributed by atoms with Gasteiger partial charge in [-0.3, -0.25) is 9.59 Å². The fraction of sp³-hybridized carbons (Fsp3) is 0.542. The number of urea groups is 1. The second-order valence-electron chi connectivity index (χ2n) is 19.7. The van der Waals surface area contributed by atoms with E-state index in [4.69, 9.17) is 19.4 Å². The van der Waals surface area contributed by atoms with Gasteiger partial charge in [0.25, 0.3) is 0 Å². The number of benzene rings is 2. The van der Waals surface area contributed by atoms with E-state index in [0.717, 1.165) is 30.8 Å². The Kier molecular flexibility index (Phi) is 13.8. The van der Waals surface area contributed by atoms with Gasteiger partial charge in [0, 0.05) is 54.5 Å². The number of carbonyl (C=O) groups excluding carboxylic acids is 3. The molecule has 1 saturated carbocycles. The van der Waals surface area contributed by atoms with Crippen molar-refractivity contribution in [2.45, 2.75) is 140 Å². The number of fused-ring (bicyclic) bond motifs is 4. The van der Waals surface area contributed by atoms with Crippen LogP contribution in [0, 0.1) is 11.3 Å². The van der Waals surface area contributed by atoms with Crippen molar-refractivity contribution in [3.05, 3.63) is 59.5 Å². The van der Waals surface area contributed by atoms with Crippen LogP contribution in [0.1, 0.15) is 98.0 Å². The van der Waals surface area contributed by atoms with Crippen LogP contribution in [-0.2, 0) is 31.0 Å². The van der Waals surface area contributed by atoms with Crippen molar-refractivity contribution in [2.75, 3.05) is 25.5 Å². The monoisotopic (exact) mass is 958 g/mol. The number of hydrogen-bond donors (Lipinski definition) is 5. The lowest BCUT2D eigenvalue weighted by molar-refractivity contribution is -0.145. The van der Waals surface area contributed by atoms with Gasteiger partial charge < -0.3 is 40.7 Å². The lowest BCUT2D eigenvalue weighted by atomic mass is 9.86. The zero-order valence-corrected chi connectivity index (χ0v) is 40.6. The van der Waals surface area contributed by atoms with Crippen LogP contribution in [0.15, 0.2) is 58.8 Å². The molecule has 6 atom stereocenters. The zero-order valence-electron chi connectivity index (χ0n) is 39.0. The van der Waals surface area contributed by atoms with Crippen molar-refractivity contribution in [1.82, 2.24) is 35.1 Å². The Morgan fingerprint density at radius 2 is 1.76 bits per heavy atom. The highest BCUT2D eigenvalue weighted by molar-refractivity contribution is 7.89. The summed E-state index contributed by atoms with van der Waals surface area (Å²) >= 11 is 1.45. The molecule has 3 fully saturated rings. The van der Waals surface area contributed by atoms with E-state index in [0.29, 0.717) is 58.6 Å². The molecule has 2 unspecified atom stereocenters. The molecular formula is C48H62N8O9S2. The van der Waals surface area contributed by atoms with Crippen LogP contribution in [0.5, 0.6) is 11.5 Å². The third-order valence-electron chi connectivity index (χ3n) is 13.5. The van der Waals surface area contributed by atoms with Crippen LogP contribution in [0.2, 0.25) is 0 Å². The highest BCUT2D eigenvalue weighted by Crippen LogP contribution is 2.48. The van der Waals surface area contributed by atoms with E-state index < -0.39 is 69.0 Å². The molecule has 0 bridgehead atoms. The summed E-state index contributed by atoms with van der Waals surface area (Å²) in [5.41, 5.74) is 0.418. The van der Waals surface area contributed by atoms with Gasteiger partial charge in [-0.2, -0.15) is 4.31 Å². The second-order valence-corrected chi connectivity index (χ2v) is 22.5. The summed E-state index contributed by atoms with van der Waals surface area (Å²) in [5.74, 6) is -1.39. The first-order valence-electron chi connectivity index (χ1n) is 23.2. The first-order chi connectivity index (χ1) is 31.9. The third kappa shape index (κ3) is 10.3. The molecule has 4 aliphatic rings. The lowest BCUT2D eigenvalue weighted by Crippen LogP contribution is -2.59. The zero-order chi connectivity index (χ0) is 47.8. The van der Waals surface area contributed by atoms with Crippen LogP contribution in [-0.4, -0.2) is 113 Å². The number of aliphatic carboxylic acids is 1. The number of amides is 4. The normalized spacial score (nSPS) is 24.9. The number of aromatic nitrogens is 2. The minimum absolute atomic E-state index is 0.00289. The predicted molar refractivity (Wildman–Crippen MR) is 254 cm³/mol. The number of ether oxygens (including phenoxy) is 2. The molecule has 360 valence electrons. The number of carboxylic acids is 1. The number of anilines is 1. The average Bonchev–Trinajstić information content (AvgIpc) is 3.51. The quantitative estimate of drug-likeness (QED) is 0.108. The highest BCUT2D eigenvalue weighted by atomic mass is 32.2. The van der Waals surface area contributed by atoms with Gasteiger partial charge in [-0.25, -0.2) is 28.0 Å². The smallest absolute Gasteiger partial charge is 0.329 e. The molecule has 0 spiro atoms. The van der Waals surface area contributed by atoms with Crippen molar-refractivity contribution < 1.29 is 42.2 Å². The van der Waals surface area contributed by atoms with E-state index >= 15 is 4.79 Å². The van der Waals surface area contributed by atoms with Crippen molar-refractivity contribution in [3.63, 3.8) is 0 Å². The Morgan fingerprint density at radius 3 is 2.48 bits per heavy atom. The van der Waals surface area contributed by atoms with E-state index in [1.165, 1.54) is 20.5 Å². The minimum Gasteiger partial charge on any atom is -0.497 e. The maximum atomic E-state index is 15.0. The molecule has 5 heterocycles. The minimum atomic E-state index is -3.79. The third-order valence-corrected chi connectivity index (χ3v) is 16.1. The Labute approximate surface area is 395 Å². The summed E-state index contributed by atoms with van der Waals surface area (Å²) in [7, 11) is -2.22. The molecule has 2 saturated heterocycles. The van der Waals surface area contributed by atoms with E-state index in [2.05, 4.69) is 21.3 Å². The standard InChI is InChI=1S/C48H62N8O9S2/c1-28(2)49-46-52-37(27-66-46)36-22-39(33-19-18-31(64-6)20-35(33)50-36)65-32-21-38-42(57)54-48(44(59)60)23-30(48)15-10-8-7-9-11-16-34(43(58)56(38)25-32)51-45(61)53-41(47(3,4)5)26-55-24-29-14-12-13-17-40(29)67(55,62)63/h12-14,17-20,22,27-28,30,32,34,38,41H,7-11,15-16,21,23-26H2,1-6H3,(H,49,52)(H,54,57)(H,59,60)(H2,51,53,61)/t30?,32-,34+,38+,41?,48-/m1/s1. The molecule has 4 aromatic rings. The average molecular weight is 959 g/mol. The highest BCUT2D eigenvalue weighted by Gasteiger charge is 2.62. The van der Waals surface area contributed by atoms with Gasteiger partial charge >= 0.3 is 12.0 Å². The summed E-state index contributed by atoms with van der Waals surface area (Å²) in [6, 6.07) is 10.8. The van der Waals surface area contributed by atoms with Gasteiger partial charge in [0.15, 0.2) is 5.13 Å². The molecule has 2 aromatic heterocycles. The topological polar surface area (TPSA) is 221 Å². The van der Waals surface area contributed by atoms with Crippen LogP contribution in [0.25, 0.3) is 22.3 Å². The van der Waals surface area contributed by atoms with Gasteiger partial charge in [0.1, 0.15) is 40.9 Å². The predicted octanol–water partition coefficient (Wildman–Crippen LogP) is 6.53. The van der Waals surface area contributed by atoms with Crippen LogP contribution < -0.4 is 30.7 Å². The number of sulfonamides is 1. The largest absolute Gasteiger partial charge is 0.497 e. The maximum Gasteiger partial charge on any atom is 0.329 e. The molecule has 8 rings (SSSR count). The second kappa shape index (κ2) is 19.2.